The van der Waals surface area contributed by atoms with Gasteiger partial charge in [0.25, 0.3) is 5.56 Å². The zero-order valence-electron chi connectivity index (χ0n) is 14.3. The molecular weight excluding hydrogens is 330 g/mol. The fraction of sp³-hybridized carbons (Fsp3) is 0.500. The molecule has 0 saturated heterocycles. The Labute approximate surface area is 143 Å². The number of fused-ring (bicyclic) bond motifs is 1. The maximum Gasteiger partial charge on any atom is 0.307 e. The van der Waals surface area contributed by atoms with E-state index in [-0.39, 0.29) is 36.8 Å². The van der Waals surface area contributed by atoms with Crippen LogP contribution in [0.1, 0.15) is 23.3 Å². The zero-order valence-corrected chi connectivity index (χ0v) is 15.1. The molecule has 0 aliphatic heterocycles. The minimum Gasteiger partial charge on any atom is -0.469 e. The first kappa shape index (κ1) is 18.1. The highest BCUT2D eigenvalue weighted by Gasteiger charge is 2.14. The third kappa shape index (κ3) is 3.81. The second-order valence-electron chi connectivity index (χ2n) is 5.60. The Morgan fingerprint density at radius 3 is 2.71 bits per heavy atom. The first-order chi connectivity index (χ1) is 11.3. The second-order valence-corrected chi connectivity index (χ2v) is 6.80. The van der Waals surface area contributed by atoms with E-state index in [1.807, 2.05) is 13.8 Å². The summed E-state index contributed by atoms with van der Waals surface area (Å²) < 4.78 is 6.02. The van der Waals surface area contributed by atoms with Crippen molar-refractivity contribution < 1.29 is 14.3 Å². The quantitative estimate of drug-likeness (QED) is 0.737. The fourth-order valence-corrected chi connectivity index (χ4v) is 3.31. The number of rotatable bonds is 6. The third-order valence-corrected chi connectivity index (χ3v) is 5.14. The summed E-state index contributed by atoms with van der Waals surface area (Å²) in [5.74, 6) is -0.493. The highest BCUT2D eigenvalue weighted by atomic mass is 32.1. The van der Waals surface area contributed by atoms with Gasteiger partial charge >= 0.3 is 5.97 Å². The molecule has 0 aromatic carbocycles. The van der Waals surface area contributed by atoms with Gasteiger partial charge in [-0.3, -0.25) is 19.0 Å². The van der Waals surface area contributed by atoms with Gasteiger partial charge < -0.3 is 9.64 Å². The van der Waals surface area contributed by atoms with Crippen molar-refractivity contribution in [2.45, 2.75) is 33.2 Å². The van der Waals surface area contributed by atoms with E-state index >= 15 is 0 Å². The molecule has 2 aromatic heterocycles. The lowest BCUT2D eigenvalue weighted by Crippen LogP contribution is -2.31. The fourth-order valence-electron chi connectivity index (χ4n) is 2.32. The number of hydrogen-bond donors (Lipinski definition) is 0. The van der Waals surface area contributed by atoms with Crippen molar-refractivity contribution >= 4 is 33.4 Å². The van der Waals surface area contributed by atoms with Crippen LogP contribution in [-0.2, 0) is 20.9 Å². The summed E-state index contributed by atoms with van der Waals surface area (Å²) in [5, 5.41) is 0.631. The molecule has 0 aliphatic rings. The van der Waals surface area contributed by atoms with Crippen molar-refractivity contribution in [3.63, 3.8) is 0 Å². The van der Waals surface area contributed by atoms with Crippen LogP contribution < -0.4 is 5.56 Å². The standard InChI is InChI=1S/C16H21N3O4S/c1-10-11(2)24-15-14(10)16(22)19(9-17-15)8-5-12(20)18(3)7-6-13(21)23-4/h9H,5-8H2,1-4H3. The van der Waals surface area contributed by atoms with Crippen molar-refractivity contribution in [3.05, 3.63) is 27.1 Å². The molecule has 1 amide bonds. The van der Waals surface area contributed by atoms with Crippen molar-refractivity contribution in [2.75, 3.05) is 20.7 Å². The van der Waals surface area contributed by atoms with E-state index in [1.54, 1.807) is 7.05 Å². The third-order valence-electron chi connectivity index (χ3n) is 4.03. The first-order valence-electron chi connectivity index (χ1n) is 7.61. The number of thiophene rings is 1. The van der Waals surface area contributed by atoms with Crippen LogP contribution in [0.2, 0.25) is 0 Å². The molecule has 0 aliphatic carbocycles. The lowest BCUT2D eigenvalue weighted by Gasteiger charge is -2.16. The summed E-state index contributed by atoms with van der Waals surface area (Å²) in [5.41, 5.74) is 0.829. The Kier molecular flexibility index (Phi) is 5.71. The molecule has 0 atom stereocenters. The van der Waals surface area contributed by atoms with Gasteiger partial charge in [-0.25, -0.2) is 4.98 Å². The smallest absolute Gasteiger partial charge is 0.307 e. The minimum atomic E-state index is -0.358. The predicted molar refractivity (Wildman–Crippen MR) is 92.2 cm³/mol. The van der Waals surface area contributed by atoms with Gasteiger partial charge in [0.1, 0.15) is 4.83 Å². The zero-order chi connectivity index (χ0) is 17.9. The summed E-state index contributed by atoms with van der Waals surface area (Å²) in [6, 6.07) is 0. The van der Waals surface area contributed by atoms with Crippen LogP contribution in [0, 0.1) is 13.8 Å². The van der Waals surface area contributed by atoms with Gasteiger partial charge in [0, 0.05) is 31.4 Å². The highest BCUT2D eigenvalue weighted by molar-refractivity contribution is 7.18. The van der Waals surface area contributed by atoms with Crippen LogP contribution in [0.15, 0.2) is 11.1 Å². The number of carbonyl (C=O) groups excluding carboxylic acids is 2. The van der Waals surface area contributed by atoms with Crippen LogP contribution in [0.3, 0.4) is 0 Å². The molecule has 0 N–H and O–H groups in total. The monoisotopic (exact) mass is 351 g/mol. The van der Waals surface area contributed by atoms with Crippen molar-refractivity contribution in [1.29, 1.82) is 0 Å². The second kappa shape index (κ2) is 7.57. The van der Waals surface area contributed by atoms with Crippen molar-refractivity contribution in [3.8, 4) is 0 Å². The first-order valence-corrected chi connectivity index (χ1v) is 8.42. The topological polar surface area (TPSA) is 81.5 Å². The van der Waals surface area contributed by atoms with Crippen molar-refractivity contribution in [1.82, 2.24) is 14.5 Å². The number of aromatic nitrogens is 2. The van der Waals surface area contributed by atoms with Crippen molar-refractivity contribution in [2.24, 2.45) is 0 Å². The van der Waals surface area contributed by atoms with E-state index in [9.17, 15) is 14.4 Å². The van der Waals surface area contributed by atoms with Crippen LogP contribution in [0.25, 0.3) is 10.2 Å². The van der Waals surface area contributed by atoms with Gasteiger partial charge in [0.15, 0.2) is 0 Å². The summed E-state index contributed by atoms with van der Waals surface area (Å²) in [7, 11) is 2.94. The van der Waals surface area contributed by atoms with E-state index in [0.717, 1.165) is 15.3 Å². The molecule has 0 fully saturated rings. The highest BCUT2D eigenvalue weighted by Crippen LogP contribution is 2.25. The molecule has 0 saturated carbocycles. The lowest BCUT2D eigenvalue weighted by atomic mass is 10.2. The van der Waals surface area contributed by atoms with Crippen LogP contribution in [0.5, 0.6) is 0 Å². The predicted octanol–water partition coefficient (Wildman–Crippen LogP) is 1.49. The average Bonchev–Trinajstić information content (AvgIpc) is 2.86. The summed E-state index contributed by atoms with van der Waals surface area (Å²) >= 11 is 1.50. The van der Waals surface area contributed by atoms with Gasteiger partial charge in [0.05, 0.1) is 25.2 Å². The summed E-state index contributed by atoms with van der Waals surface area (Å²) in [4.78, 5) is 43.3. The van der Waals surface area contributed by atoms with E-state index in [4.69, 9.17) is 0 Å². The van der Waals surface area contributed by atoms with Gasteiger partial charge in [-0.2, -0.15) is 0 Å². The molecular formula is C16H21N3O4S. The van der Waals surface area contributed by atoms with E-state index < -0.39 is 0 Å². The Balaban J connectivity index is 2.04. The number of nitrogens with zero attached hydrogens (tertiary/aromatic N) is 3. The number of amides is 1. The maximum absolute atomic E-state index is 12.5. The van der Waals surface area contributed by atoms with Gasteiger partial charge in [0.2, 0.25) is 5.91 Å². The Bertz CT molecular complexity index is 825. The molecule has 0 radical (unpaired) electrons. The number of aryl methyl sites for hydroxylation is 3. The van der Waals surface area contributed by atoms with E-state index in [2.05, 4.69) is 9.72 Å². The molecule has 0 unspecified atom stereocenters. The molecule has 8 heteroatoms. The molecule has 0 bridgehead atoms. The SMILES string of the molecule is COC(=O)CCN(C)C(=O)CCn1cnc2sc(C)c(C)c2c1=O. The lowest BCUT2D eigenvalue weighted by molar-refractivity contribution is -0.141. The minimum absolute atomic E-state index is 0.119. The number of methoxy groups -OCH3 is 1. The Morgan fingerprint density at radius 2 is 2.04 bits per heavy atom. The van der Waals surface area contributed by atoms with Crippen LogP contribution in [-0.4, -0.2) is 47.0 Å². The molecule has 2 heterocycles. The summed E-state index contributed by atoms with van der Waals surface area (Å²) in [6.45, 7) is 4.43. The molecule has 130 valence electrons. The normalized spacial score (nSPS) is 10.8. The molecule has 2 rings (SSSR count). The summed E-state index contributed by atoms with van der Waals surface area (Å²) in [6.07, 6.45) is 1.81. The van der Waals surface area contributed by atoms with Gasteiger partial charge in [-0.15, -0.1) is 11.3 Å². The number of esters is 1. The van der Waals surface area contributed by atoms with Crippen LogP contribution in [0.4, 0.5) is 0 Å². The van der Waals surface area contributed by atoms with Gasteiger partial charge in [-0.05, 0) is 19.4 Å². The van der Waals surface area contributed by atoms with Crippen LogP contribution >= 0.6 is 11.3 Å². The molecule has 2 aromatic rings. The number of ether oxygens (including phenoxy) is 1. The molecule has 7 nitrogen and oxygen atoms in total. The Morgan fingerprint density at radius 1 is 1.33 bits per heavy atom. The molecule has 24 heavy (non-hydrogen) atoms. The molecule has 0 spiro atoms. The number of carbonyl (C=O) groups is 2. The van der Waals surface area contributed by atoms with Gasteiger partial charge in [-0.1, -0.05) is 0 Å². The maximum atomic E-state index is 12.5. The Hall–Kier alpha value is -2.22. The van der Waals surface area contributed by atoms with E-state index in [0.29, 0.717) is 11.9 Å². The van der Waals surface area contributed by atoms with E-state index in [1.165, 1.54) is 34.2 Å². The number of hydrogen-bond acceptors (Lipinski definition) is 6. The average molecular weight is 351 g/mol. The largest absolute Gasteiger partial charge is 0.469 e.